The molecule has 1 aliphatic rings. The summed E-state index contributed by atoms with van der Waals surface area (Å²) in [5, 5.41) is 7.64. The van der Waals surface area contributed by atoms with Crippen molar-refractivity contribution in [3.63, 3.8) is 0 Å². The average molecular weight is 269 g/mol. The second-order valence-electron chi connectivity index (χ2n) is 4.72. The Morgan fingerprint density at radius 2 is 2.39 bits per heavy atom. The van der Waals surface area contributed by atoms with E-state index < -0.39 is 0 Å². The maximum absolute atomic E-state index is 5.99. The van der Waals surface area contributed by atoms with Crippen LogP contribution in [0.3, 0.4) is 0 Å². The third-order valence-corrected chi connectivity index (χ3v) is 3.67. The predicted molar refractivity (Wildman–Crippen MR) is 75.6 cm³/mol. The fraction of sp³-hybridized carbons (Fsp3) is 0.571. The molecule has 0 spiro atoms. The molecule has 1 atom stereocenters. The number of rotatable bonds is 6. The van der Waals surface area contributed by atoms with E-state index in [2.05, 4.69) is 16.7 Å². The highest BCUT2D eigenvalue weighted by atomic mass is 35.5. The van der Waals surface area contributed by atoms with Crippen LogP contribution in [0.5, 0.6) is 5.75 Å². The summed E-state index contributed by atoms with van der Waals surface area (Å²) in [6.45, 7) is 3.22. The maximum Gasteiger partial charge on any atom is 0.137 e. The number of hydrogen-bond acceptors (Lipinski definition) is 3. The molecule has 1 aliphatic heterocycles. The first-order chi connectivity index (χ1) is 8.79. The molecule has 1 saturated heterocycles. The zero-order valence-electron chi connectivity index (χ0n) is 10.8. The minimum atomic E-state index is 0.657. The number of ether oxygens (including phenoxy) is 1. The summed E-state index contributed by atoms with van der Waals surface area (Å²) in [5.41, 5.74) is 1.25. The minimum Gasteiger partial charge on any atom is -0.495 e. The molecule has 2 rings (SSSR count). The monoisotopic (exact) mass is 268 g/mol. The van der Waals surface area contributed by atoms with Gasteiger partial charge in [-0.05, 0) is 50.0 Å². The van der Waals surface area contributed by atoms with E-state index in [-0.39, 0.29) is 0 Å². The Morgan fingerprint density at radius 1 is 1.50 bits per heavy atom. The Morgan fingerprint density at radius 3 is 3.11 bits per heavy atom. The predicted octanol–water partition coefficient (Wildman–Crippen LogP) is 2.23. The summed E-state index contributed by atoms with van der Waals surface area (Å²) in [6, 6.07) is 6.62. The summed E-state index contributed by atoms with van der Waals surface area (Å²) in [6.07, 6.45) is 3.60. The molecule has 1 aromatic carbocycles. The van der Waals surface area contributed by atoms with Crippen LogP contribution in [-0.4, -0.2) is 32.8 Å². The van der Waals surface area contributed by atoms with Crippen LogP contribution < -0.4 is 15.4 Å². The lowest BCUT2D eigenvalue weighted by molar-refractivity contribution is 0.414. The van der Waals surface area contributed by atoms with Gasteiger partial charge >= 0.3 is 0 Å². The van der Waals surface area contributed by atoms with Gasteiger partial charge in [0.25, 0.3) is 0 Å². The van der Waals surface area contributed by atoms with Gasteiger partial charge in [0, 0.05) is 12.6 Å². The van der Waals surface area contributed by atoms with Crippen molar-refractivity contribution in [1.29, 1.82) is 0 Å². The summed E-state index contributed by atoms with van der Waals surface area (Å²) >= 11 is 5.99. The van der Waals surface area contributed by atoms with E-state index in [0.29, 0.717) is 11.1 Å². The van der Waals surface area contributed by atoms with E-state index in [4.69, 9.17) is 16.3 Å². The maximum atomic E-state index is 5.99. The molecule has 18 heavy (non-hydrogen) atoms. The highest BCUT2D eigenvalue weighted by Crippen LogP contribution is 2.24. The molecule has 1 fully saturated rings. The lowest BCUT2D eigenvalue weighted by atomic mass is 10.1. The number of methoxy groups -OCH3 is 1. The van der Waals surface area contributed by atoms with Crippen molar-refractivity contribution in [2.75, 3.05) is 26.7 Å². The van der Waals surface area contributed by atoms with Crippen molar-refractivity contribution in [2.45, 2.75) is 25.3 Å². The smallest absolute Gasteiger partial charge is 0.137 e. The molecule has 0 aliphatic carbocycles. The van der Waals surface area contributed by atoms with Gasteiger partial charge in [0.05, 0.1) is 12.1 Å². The Hall–Kier alpha value is -0.770. The van der Waals surface area contributed by atoms with Gasteiger partial charge in [-0.3, -0.25) is 0 Å². The lowest BCUT2D eigenvalue weighted by Gasteiger charge is -2.11. The average Bonchev–Trinajstić information content (AvgIpc) is 2.89. The molecule has 0 bridgehead atoms. The van der Waals surface area contributed by atoms with Crippen LogP contribution in [0.25, 0.3) is 0 Å². The van der Waals surface area contributed by atoms with E-state index in [1.165, 1.54) is 24.9 Å². The SMILES string of the molecule is COc1cc(CCNC[C@@H]2CCCN2)ccc1Cl. The van der Waals surface area contributed by atoms with Crippen LogP contribution in [0.2, 0.25) is 5.02 Å². The first kappa shape index (κ1) is 13.7. The first-order valence-corrected chi connectivity index (χ1v) is 6.94. The molecule has 4 heteroatoms. The van der Waals surface area contributed by atoms with Crippen LogP contribution in [0, 0.1) is 0 Å². The topological polar surface area (TPSA) is 33.3 Å². The fourth-order valence-corrected chi connectivity index (χ4v) is 2.49. The van der Waals surface area contributed by atoms with Crippen molar-refractivity contribution in [1.82, 2.24) is 10.6 Å². The van der Waals surface area contributed by atoms with E-state index in [1.54, 1.807) is 7.11 Å². The van der Waals surface area contributed by atoms with Gasteiger partial charge in [-0.15, -0.1) is 0 Å². The number of hydrogen-bond donors (Lipinski definition) is 2. The summed E-state index contributed by atoms with van der Waals surface area (Å²) in [7, 11) is 1.65. The van der Waals surface area contributed by atoms with Crippen molar-refractivity contribution >= 4 is 11.6 Å². The zero-order valence-corrected chi connectivity index (χ0v) is 11.6. The number of nitrogens with one attached hydrogen (secondary N) is 2. The van der Waals surface area contributed by atoms with E-state index in [0.717, 1.165) is 25.3 Å². The highest BCUT2D eigenvalue weighted by Gasteiger charge is 2.12. The molecule has 100 valence electrons. The molecule has 3 nitrogen and oxygen atoms in total. The van der Waals surface area contributed by atoms with E-state index >= 15 is 0 Å². The van der Waals surface area contributed by atoms with Gasteiger partial charge in [-0.25, -0.2) is 0 Å². The molecule has 0 amide bonds. The largest absolute Gasteiger partial charge is 0.495 e. The van der Waals surface area contributed by atoms with Crippen LogP contribution in [0.1, 0.15) is 18.4 Å². The molecule has 0 aromatic heterocycles. The second kappa shape index (κ2) is 6.98. The van der Waals surface area contributed by atoms with Crippen LogP contribution in [-0.2, 0) is 6.42 Å². The Labute approximate surface area is 114 Å². The fourth-order valence-electron chi connectivity index (χ4n) is 2.30. The molecular formula is C14H21ClN2O. The minimum absolute atomic E-state index is 0.657. The molecular weight excluding hydrogens is 248 g/mol. The second-order valence-corrected chi connectivity index (χ2v) is 5.12. The molecule has 1 aromatic rings. The normalized spacial score (nSPS) is 19.1. The molecule has 0 unspecified atom stereocenters. The van der Waals surface area contributed by atoms with Crippen LogP contribution >= 0.6 is 11.6 Å². The third kappa shape index (κ3) is 3.87. The molecule has 1 heterocycles. The Bertz CT molecular complexity index is 378. The van der Waals surface area contributed by atoms with E-state index in [9.17, 15) is 0 Å². The van der Waals surface area contributed by atoms with Gasteiger partial charge in [-0.1, -0.05) is 17.7 Å². The summed E-state index contributed by atoms with van der Waals surface area (Å²) < 4.78 is 5.21. The standard InChI is InChI=1S/C14H21ClN2O/c1-18-14-9-11(4-5-13(14)15)6-8-16-10-12-3-2-7-17-12/h4-5,9,12,16-17H,2-3,6-8,10H2,1H3/t12-/m0/s1. The van der Waals surface area contributed by atoms with Gasteiger partial charge in [0.2, 0.25) is 0 Å². The van der Waals surface area contributed by atoms with Crippen molar-refractivity contribution in [2.24, 2.45) is 0 Å². The van der Waals surface area contributed by atoms with Crippen molar-refractivity contribution in [3.8, 4) is 5.75 Å². The quantitative estimate of drug-likeness (QED) is 0.777. The van der Waals surface area contributed by atoms with Crippen LogP contribution in [0.4, 0.5) is 0 Å². The molecule has 0 saturated carbocycles. The third-order valence-electron chi connectivity index (χ3n) is 3.36. The number of halogens is 1. The van der Waals surface area contributed by atoms with Gasteiger partial charge < -0.3 is 15.4 Å². The summed E-state index contributed by atoms with van der Waals surface area (Å²) in [5.74, 6) is 0.756. The number of benzene rings is 1. The lowest BCUT2D eigenvalue weighted by Crippen LogP contribution is -2.34. The van der Waals surface area contributed by atoms with E-state index in [1.807, 2.05) is 12.1 Å². The molecule has 2 N–H and O–H groups in total. The Balaban J connectivity index is 1.72. The van der Waals surface area contributed by atoms with Crippen molar-refractivity contribution in [3.05, 3.63) is 28.8 Å². The van der Waals surface area contributed by atoms with Crippen LogP contribution in [0.15, 0.2) is 18.2 Å². The first-order valence-electron chi connectivity index (χ1n) is 6.56. The summed E-state index contributed by atoms with van der Waals surface area (Å²) in [4.78, 5) is 0. The van der Waals surface area contributed by atoms with Gasteiger partial charge in [-0.2, -0.15) is 0 Å². The Kier molecular flexibility index (Phi) is 5.29. The zero-order chi connectivity index (χ0) is 12.8. The highest BCUT2D eigenvalue weighted by molar-refractivity contribution is 6.32. The van der Waals surface area contributed by atoms with Gasteiger partial charge in [0.1, 0.15) is 5.75 Å². The van der Waals surface area contributed by atoms with Crippen molar-refractivity contribution < 1.29 is 4.74 Å². The molecule has 0 radical (unpaired) electrons. The van der Waals surface area contributed by atoms with Gasteiger partial charge in [0.15, 0.2) is 0 Å².